The molecule has 1 aromatic carbocycles. The minimum Gasteiger partial charge on any atom is -0.370 e. The Labute approximate surface area is 105 Å². The molecule has 0 radical (unpaired) electrons. The molecule has 1 saturated carbocycles. The van der Waals surface area contributed by atoms with Crippen molar-refractivity contribution >= 4 is 5.78 Å². The Kier molecular flexibility index (Phi) is 3.76. The molecule has 1 aromatic rings. The third-order valence-corrected chi connectivity index (χ3v) is 3.67. The lowest BCUT2D eigenvalue weighted by Crippen LogP contribution is -2.39. The first kappa shape index (κ1) is 13.1. The number of Topliss-reactive ketones (excluding diaryl/α,β-unsaturated/α-hetero) is 1. The van der Waals surface area contributed by atoms with E-state index < -0.39 is 17.2 Å². The molecule has 0 aromatic heterocycles. The van der Waals surface area contributed by atoms with Crippen LogP contribution in [0, 0.1) is 11.6 Å². The van der Waals surface area contributed by atoms with Gasteiger partial charge in [-0.25, -0.2) is 8.78 Å². The summed E-state index contributed by atoms with van der Waals surface area (Å²) in [4.78, 5) is 12.2. The van der Waals surface area contributed by atoms with Crippen molar-refractivity contribution in [1.29, 1.82) is 0 Å². The Morgan fingerprint density at radius 2 is 2.00 bits per heavy atom. The van der Waals surface area contributed by atoms with E-state index in [-0.39, 0.29) is 17.8 Å². The van der Waals surface area contributed by atoms with Crippen molar-refractivity contribution in [3.63, 3.8) is 0 Å². The smallest absolute Gasteiger partial charge is 0.169 e. The minimum atomic E-state index is -0.793. The maximum absolute atomic E-state index is 13.5. The van der Waals surface area contributed by atoms with E-state index in [0.717, 1.165) is 31.0 Å². The highest BCUT2D eigenvalue weighted by atomic mass is 19.1. The highest BCUT2D eigenvalue weighted by Gasteiger charge is 2.40. The van der Waals surface area contributed by atoms with Crippen LogP contribution in [0.2, 0.25) is 0 Å². The van der Waals surface area contributed by atoms with Crippen molar-refractivity contribution in [3.05, 3.63) is 35.4 Å². The molecule has 0 heterocycles. The molecule has 0 aliphatic heterocycles. The predicted molar refractivity (Wildman–Crippen MR) is 63.3 cm³/mol. The summed E-state index contributed by atoms with van der Waals surface area (Å²) in [6, 6.07) is 3.17. The first-order valence-corrected chi connectivity index (χ1v) is 6.10. The number of rotatable bonds is 4. The van der Waals surface area contributed by atoms with Crippen LogP contribution in [-0.2, 0) is 16.0 Å². The van der Waals surface area contributed by atoms with E-state index in [1.807, 2.05) is 0 Å². The van der Waals surface area contributed by atoms with Gasteiger partial charge < -0.3 is 4.74 Å². The van der Waals surface area contributed by atoms with Gasteiger partial charge >= 0.3 is 0 Å². The molecule has 0 bridgehead atoms. The maximum atomic E-state index is 13.5. The van der Waals surface area contributed by atoms with Gasteiger partial charge in [-0.05, 0) is 49.4 Å². The zero-order chi connectivity index (χ0) is 13.2. The third kappa shape index (κ3) is 2.43. The number of hydrogen-bond donors (Lipinski definition) is 0. The zero-order valence-corrected chi connectivity index (χ0v) is 10.3. The molecule has 2 rings (SSSR count). The molecular formula is C14H16F2O2. The normalized spacial score (nSPS) is 17.9. The Hall–Kier alpha value is -1.29. The van der Waals surface area contributed by atoms with E-state index in [4.69, 9.17) is 4.74 Å². The summed E-state index contributed by atoms with van der Waals surface area (Å²) >= 11 is 0. The number of hydrogen-bond acceptors (Lipinski definition) is 2. The summed E-state index contributed by atoms with van der Waals surface area (Å²) in [6.45, 7) is 0. The summed E-state index contributed by atoms with van der Waals surface area (Å²) in [5.41, 5.74) is -0.693. The number of ketones is 1. The van der Waals surface area contributed by atoms with Crippen molar-refractivity contribution in [2.75, 3.05) is 7.11 Å². The van der Waals surface area contributed by atoms with E-state index in [9.17, 15) is 13.6 Å². The summed E-state index contributed by atoms with van der Waals surface area (Å²) in [7, 11) is 1.51. The van der Waals surface area contributed by atoms with Gasteiger partial charge in [0.05, 0.1) is 0 Å². The molecular weight excluding hydrogens is 238 g/mol. The molecule has 2 nitrogen and oxygen atoms in total. The van der Waals surface area contributed by atoms with Crippen LogP contribution in [0.15, 0.2) is 18.2 Å². The predicted octanol–water partition coefficient (Wildman–Crippen LogP) is 3.04. The fourth-order valence-electron chi connectivity index (χ4n) is 2.56. The van der Waals surface area contributed by atoms with Gasteiger partial charge in [0, 0.05) is 13.5 Å². The van der Waals surface area contributed by atoms with Gasteiger partial charge in [0.15, 0.2) is 5.78 Å². The molecule has 0 amide bonds. The summed E-state index contributed by atoms with van der Waals surface area (Å²) in [5.74, 6) is -1.24. The number of carbonyl (C=O) groups is 1. The van der Waals surface area contributed by atoms with Crippen LogP contribution in [0.5, 0.6) is 0 Å². The van der Waals surface area contributed by atoms with E-state index >= 15 is 0 Å². The molecule has 0 atom stereocenters. The Morgan fingerprint density at radius 3 is 2.61 bits per heavy atom. The van der Waals surface area contributed by atoms with Gasteiger partial charge in [0.2, 0.25) is 0 Å². The van der Waals surface area contributed by atoms with Crippen molar-refractivity contribution in [3.8, 4) is 0 Å². The van der Waals surface area contributed by atoms with Crippen molar-refractivity contribution in [1.82, 2.24) is 0 Å². The van der Waals surface area contributed by atoms with Crippen molar-refractivity contribution < 1.29 is 18.3 Å². The van der Waals surface area contributed by atoms with Gasteiger partial charge in [-0.3, -0.25) is 4.79 Å². The van der Waals surface area contributed by atoms with Crippen LogP contribution in [0.4, 0.5) is 8.78 Å². The molecule has 1 aliphatic carbocycles. The average molecular weight is 254 g/mol. The molecule has 1 aliphatic rings. The summed E-state index contributed by atoms with van der Waals surface area (Å²) < 4.78 is 31.9. The fraction of sp³-hybridized carbons (Fsp3) is 0.500. The summed E-state index contributed by atoms with van der Waals surface area (Å²) in [5, 5.41) is 0. The number of methoxy groups -OCH3 is 1. The van der Waals surface area contributed by atoms with E-state index in [0.29, 0.717) is 12.8 Å². The zero-order valence-electron chi connectivity index (χ0n) is 10.3. The summed E-state index contributed by atoms with van der Waals surface area (Å²) in [6.07, 6.45) is 3.09. The largest absolute Gasteiger partial charge is 0.370 e. The van der Waals surface area contributed by atoms with E-state index in [1.165, 1.54) is 7.11 Å². The Morgan fingerprint density at radius 1 is 1.33 bits per heavy atom. The lowest BCUT2D eigenvalue weighted by molar-refractivity contribution is -0.139. The number of halogens is 2. The standard InChI is InChI=1S/C14H16F2O2/c1-18-14(6-2-3-7-14)13(17)9-10-8-11(15)4-5-12(10)16/h4-5,8H,2-3,6-7,9H2,1H3. The van der Waals surface area contributed by atoms with Crippen LogP contribution in [0.3, 0.4) is 0 Å². The van der Waals surface area contributed by atoms with E-state index in [2.05, 4.69) is 0 Å². The molecule has 0 saturated heterocycles. The molecule has 0 unspecified atom stereocenters. The van der Waals surface area contributed by atoms with Crippen LogP contribution >= 0.6 is 0 Å². The van der Waals surface area contributed by atoms with E-state index in [1.54, 1.807) is 0 Å². The van der Waals surface area contributed by atoms with Gasteiger partial charge in [0.25, 0.3) is 0 Å². The lowest BCUT2D eigenvalue weighted by atomic mass is 9.91. The highest BCUT2D eigenvalue weighted by molar-refractivity contribution is 5.89. The molecule has 4 heteroatoms. The van der Waals surface area contributed by atoms with Crippen LogP contribution in [-0.4, -0.2) is 18.5 Å². The second kappa shape index (κ2) is 5.14. The number of benzene rings is 1. The third-order valence-electron chi connectivity index (χ3n) is 3.67. The Bertz CT molecular complexity index is 451. The van der Waals surface area contributed by atoms with Crippen molar-refractivity contribution in [2.24, 2.45) is 0 Å². The second-order valence-corrected chi connectivity index (χ2v) is 4.74. The first-order valence-electron chi connectivity index (χ1n) is 6.10. The lowest BCUT2D eigenvalue weighted by Gasteiger charge is -2.25. The minimum absolute atomic E-state index is 0.100. The molecule has 0 N–H and O–H groups in total. The molecule has 0 spiro atoms. The van der Waals surface area contributed by atoms with Gasteiger partial charge in [-0.15, -0.1) is 0 Å². The van der Waals surface area contributed by atoms with Gasteiger partial charge in [0.1, 0.15) is 17.2 Å². The quantitative estimate of drug-likeness (QED) is 0.825. The van der Waals surface area contributed by atoms with Crippen LogP contribution < -0.4 is 0 Å². The Balaban J connectivity index is 2.18. The van der Waals surface area contributed by atoms with Gasteiger partial charge in [-0.1, -0.05) is 0 Å². The number of ether oxygens (including phenoxy) is 1. The van der Waals surface area contributed by atoms with Crippen molar-refractivity contribution in [2.45, 2.75) is 37.7 Å². The monoisotopic (exact) mass is 254 g/mol. The first-order chi connectivity index (χ1) is 8.57. The molecule has 18 heavy (non-hydrogen) atoms. The van der Waals surface area contributed by atoms with Crippen LogP contribution in [0.25, 0.3) is 0 Å². The average Bonchev–Trinajstić information content (AvgIpc) is 2.84. The molecule has 98 valence electrons. The maximum Gasteiger partial charge on any atom is 0.169 e. The fourth-order valence-corrected chi connectivity index (χ4v) is 2.56. The topological polar surface area (TPSA) is 26.3 Å². The SMILES string of the molecule is COC1(C(=O)Cc2cc(F)ccc2F)CCCC1. The number of carbonyl (C=O) groups excluding carboxylic acids is 1. The second-order valence-electron chi connectivity index (χ2n) is 4.74. The van der Waals surface area contributed by atoms with Gasteiger partial charge in [-0.2, -0.15) is 0 Å². The van der Waals surface area contributed by atoms with Crippen LogP contribution in [0.1, 0.15) is 31.2 Å². The highest BCUT2D eigenvalue weighted by Crippen LogP contribution is 2.34. The molecule has 1 fully saturated rings.